The van der Waals surface area contributed by atoms with Gasteiger partial charge in [0, 0.05) is 17.7 Å². The molecule has 140 valence electrons. The first-order chi connectivity index (χ1) is 12.9. The number of ether oxygens (including phenoxy) is 1. The Hall–Kier alpha value is -2.79. The van der Waals surface area contributed by atoms with Crippen molar-refractivity contribution in [3.05, 3.63) is 75.0 Å². The zero-order valence-corrected chi connectivity index (χ0v) is 16.2. The zero-order chi connectivity index (χ0) is 19.6. The van der Waals surface area contributed by atoms with Gasteiger partial charge in [-0.1, -0.05) is 23.7 Å². The van der Waals surface area contributed by atoms with E-state index in [1.807, 2.05) is 32.0 Å². The molecule has 1 N–H and O–H groups in total. The average Bonchev–Trinajstić information content (AvgIpc) is 2.65. The molecule has 0 saturated carbocycles. The van der Waals surface area contributed by atoms with Gasteiger partial charge in [-0.3, -0.25) is 9.59 Å². The number of hydrogen-bond donors (Lipinski definition) is 1. The third-order valence-electron chi connectivity index (χ3n) is 4.46. The summed E-state index contributed by atoms with van der Waals surface area (Å²) in [6.45, 7) is 4.02. The van der Waals surface area contributed by atoms with E-state index < -0.39 is 0 Å². The monoisotopic (exact) mass is 384 g/mol. The summed E-state index contributed by atoms with van der Waals surface area (Å²) in [5.74, 6) is 0.466. The highest BCUT2D eigenvalue weighted by molar-refractivity contribution is 6.33. The number of nitrogens with zero attached hydrogens (tertiary/aromatic N) is 1. The van der Waals surface area contributed by atoms with Crippen LogP contribution in [0.1, 0.15) is 29.8 Å². The molecule has 0 atom stereocenters. The molecule has 0 bridgehead atoms. The second-order valence-corrected chi connectivity index (χ2v) is 6.99. The zero-order valence-electron chi connectivity index (χ0n) is 15.5. The smallest absolute Gasteiger partial charge is 0.255 e. The molecular formula is C21H21ClN2O3. The quantitative estimate of drug-likeness (QED) is 0.715. The Balaban J connectivity index is 1.97. The van der Waals surface area contributed by atoms with Crippen molar-refractivity contribution in [2.75, 3.05) is 7.11 Å². The van der Waals surface area contributed by atoms with Gasteiger partial charge < -0.3 is 14.6 Å². The highest BCUT2D eigenvalue weighted by Crippen LogP contribution is 2.22. The van der Waals surface area contributed by atoms with E-state index in [1.165, 1.54) is 0 Å². The number of fused-ring (bicyclic) bond motifs is 1. The van der Waals surface area contributed by atoms with E-state index in [1.54, 1.807) is 42.3 Å². The molecule has 5 nitrogen and oxygen atoms in total. The lowest BCUT2D eigenvalue weighted by Gasteiger charge is -2.27. The number of methoxy groups -OCH3 is 1. The molecule has 27 heavy (non-hydrogen) atoms. The van der Waals surface area contributed by atoms with Crippen molar-refractivity contribution in [2.45, 2.75) is 26.4 Å². The summed E-state index contributed by atoms with van der Waals surface area (Å²) in [5, 5.41) is 1.27. The van der Waals surface area contributed by atoms with Gasteiger partial charge in [0.2, 0.25) is 0 Å². The van der Waals surface area contributed by atoms with E-state index in [4.69, 9.17) is 16.3 Å². The Morgan fingerprint density at radius 1 is 1.19 bits per heavy atom. The topological polar surface area (TPSA) is 62.4 Å². The number of carbonyl (C=O) groups excluding carboxylic acids is 1. The number of nitrogens with one attached hydrogen (secondary N) is 1. The largest absolute Gasteiger partial charge is 0.497 e. The van der Waals surface area contributed by atoms with Gasteiger partial charge in [-0.25, -0.2) is 0 Å². The van der Waals surface area contributed by atoms with E-state index in [2.05, 4.69) is 4.98 Å². The van der Waals surface area contributed by atoms with E-state index >= 15 is 0 Å². The summed E-state index contributed by atoms with van der Waals surface area (Å²) in [6.07, 6.45) is 0. The Bertz CT molecular complexity index is 1040. The van der Waals surface area contributed by atoms with Gasteiger partial charge in [-0.15, -0.1) is 0 Å². The number of benzene rings is 2. The standard InChI is InChI=1S/C21H21ClN2O3/c1-13(2)24(21(26)17-6-4-5-7-18(17)22)12-15-10-14-8-9-16(27-3)11-19(14)23-20(15)25/h4-11,13H,12H2,1-3H3,(H,23,25). The molecule has 6 heteroatoms. The first-order valence-electron chi connectivity index (χ1n) is 8.66. The molecule has 0 unspecified atom stereocenters. The Kier molecular flexibility index (Phi) is 5.51. The molecule has 3 rings (SSSR count). The summed E-state index contributed by atoms with van der Waals surface area (Å²) in [4.78, 5) is 30.0. The van der Waals surface area contributed by atoms with Gasteiger partial charge in [-0.2, -0.15) is 0 Å². The number of pyridine rings is 1. The van der Waals surface area contributed by atoms with Crippen molar-refractivity contribution in [2.24, 2.45) is 0 Å². The molecule has 1 amide bonds. The molecule has 1 heterocycles. The van der Waals surface area contributed by atoms with Crippen molar-refractivity contribution >= 4 is 28.4 Å². The van der Waals surface area contributed by atoms with E-state index in [9.17, 15) is 9.59 Å². The molecule has 0 aliphatic heterocycles. The van der Waals surface area contributed by atoms with E-state index in [0.717, 1.165) is 5.39 Å². The van der Waals surface area contributed by atoms with Crippen LogP contribution in [0.3, 0.4) is 0 Å². The number of amides is 1. The maximum atomic E-state index is 13.0. The molecule has 0 saturated heterocycles. The minimum Gasteiger partial charge on any atom is -0.497 e. The van der Waals surface area contributed by atoms with Crippen LogP contribution in [0.15, 0.2) is 53.3 Å². The van der Waals surface area contributed by atoms with Crippen molar-refractivity contribution in [3.63, 3.8) is 0 Å². The number of carbonyl (C=O) groups is 1. The van der Waals surface area contributed by atoms with Gasteiger partial charge >= 0.3 is 0 Å². The summed E-state index contributed by atoms with van der Waals surface area (Å²) in [6, 6.07) is 14.1. The van der Waals surface area contributed by atoms with Crippen LogP contribution in [0.25, 0.3) is 10.9 Å². The molecular weight excluding hydrogens is 364 g/mol. The lowest BCUT2D eigenvalue weighted by Crippen LogP contribution is -2.38. The molecule has 0 aliphatic rings. The van der Waals surface area contributed by atoms with Crippen LogP contribution in [0.2, 0.25) is 5.02 Å². The SMILES string of the molecule is COc1ccc2cc(CN(C(=O)c3ccccc3Cl)C(C)C)c(=O)[nH]c2c1. The third kappa shape index (κ3) is 3.98. The highest BCUT2D eigenvalue weighted by Gasteiger charge is 2.22. The molecule has 2 aromatic carbocycles. The Labute approximate surface area is 162 Å². The van der Waals surface area contributed by atoms with Crippen LogP contribution in [0.5, 0.6) is 5.75 Å². The van der Waals surface area contributed by atoms with Gasteiger partial charge in [0.1, 0.15) is 5.75 Å². The Morgan fingerprint density at radius 3 is 2.59 bits per heavy atom. The first-order valence-corrected chi connectivity index (χ1v) is 9.04. The number of rotatable bonds is 5. The van der Waals surface area contributed by atoms with Crippen LogP contribution < -0.4 is 10.3 Å². The number of halogens is 1. The van der Waals surface area contributed by atoms with Gasteiger partial charge in [0.15, 0.2) is 0 Å². The molecule has 3 aromatic rings. The fourth-order valence-corrected chi connectivity index (χ4v) is 3.15. The molecule has 0 fully saturated rings. The third-order valence-corrected chi connectivity index (χ3v) is 4.79. The van der Waals surface area contributed by atoms with E-state index in [-0.39, 0.29) is 24.1 Å². The number of aromatic amines is 1. The normalized spacial score (nSPS) is 11.0. The van der Waals surface area contributed by atoms with Crippen LogP contribution in [0.4, 0.5) is 0 Å². The second kappa shape index (κ2) is 7.84. The average molecular weight is 385 g/mol. The predicted octanol–water partition coefficient (Wildman–Crippen LogP) is 4.24. The van der Waals surface area contributed by atoms with Gasteiger partial charge in [0.05, 0.1) is 29.8 Å². The van der Waals surface area contributed by atoms with Crippen LogP contribution >= 0.6 is 11.6 Å². The highest BCUT2D eigenvalue weighted by atomic mass is 35.5. The molecule has 0 radical (unpaired) electrons. The van der Waals surface area contributed by atoms with Crippen LogP contribution in [0, 0.1) is 0 Å². The van der Waals surface area contributed by atoms with Crippen LogP contribution in [-0.2, 0) is 6.54 Å². The van der Waals surface area contributed by atoms with Gasteiger partial charge in [-0.05, 0) is 49.6 Å². The van der Waals surface area contributed by atoms with Gasteiger partial charge in [0.25, 0.3) is 11.5 Å². The van der Waals surface area contributed by atoms with E-state index in [0.29, 0.717) is 27.4 Å². The van der Waals surface area contributed by atoms with Crippen molar-refractivity contribution < 1.29 is 9.53 Å². The number of H-pyrrole nitrogens is 1. The van der Waals surface area contributed by atoms with Crippen LogP contribution in [-0.4, -0.2) is 28.9 Å². The minimum absolute atomic E-state index is 0.0975. The van der Waals surface area contributed by atoms with Crippen molar-refractivity contribution in [3.8, 4) is 5.75 Å². The summed E-state index contributed by atoms with van der Waals surface area (Å²) in [7, 11) is 1.58. The van der Waals surface area contributed by atoms with Crippen molar-refractivity contribution in [1.29, 1.82) is 0 Å². The number of aromatic nitrogens is 1. The fraction of sp³-hybridized carbons (Fsp3) is 0.238. The second-order valence-electron chi connectivity index (χ2n) is 6.58. The summed E-state index contributed by atoms with van der Waals surface area (Å²) >= 11 is 6.18. The lowest BCUT2D eigenvalue weighted by atomic mass is 10.1. The van der Waals surface area contributed by atoms with Crippen molar-refractivity contribution in [1.82, 2.24) is 9.88 Å². The summed E-state index contributed by atoms with van der Waals surface area (Å²) < 4.78 is 5.19. The maximum Gasteiger partial charge on any atom is 0.255 e. The lowest BCUT2D eigenvalue weighted by molar-refractivity contribution is 0.0690. The molecule has 1 aromatic heterocycles. The molecule has 0 spiro atoms. The maximum absolute atomic E-state index is 13.0. The number of hydrogen-bond acceptors (Lipinski definition) is 3. The molecule has 0 aliphatic carbocycles. The first kappa shape index (κ1) is 19.0. The predicted molar refractivity (Wildman–Crippen MR) is 108 cm³/mol. The summed E-state index contributed by atoms with van der Waals surface area (Å²) in [5.41, 5.74) is 1.40. The minimum atomic E-state index is -0.228. The Morgan fingerprint density at radius 2 is 1.93 bits per heavy atom. The fourth-order valence-electron chi connectivity index (χ4n) is 2.93.